The molecule has 21 heavy (non-hydrogen) atoms. The lowest BCUT2D eigenvalue weighted by atomic mass is 9.81. The zero-order valence-electron chi connectivity index (χ0n) is 11.7. The van der Waals surface area contributed by atoms with E-state index in [-0.39, 0.29) is 36.0 Å². The van der Waals surface area contributed by atoms with E-state index < -0.39 is 6.10 Å². The Morgan fingerprint density at radius 3 is 2.14 bits per heavy atom. The number of imide groups is 1. The highest BCUT2D eigenvalue weighted by molar-refractivity contribution is 6.05. The number of aliphatic hydroxyl groups is 1. The van der Waals surface area contributed by atoms with Crippen molar-refractivity contribution in [3.63, 3.8) is 0 Å². The van der Waals surface area contributed by atoms with Crippen molar-refractivity contribution in [2.24, 2.45) is 11.8 Å². The molecule has 0 bridgehead atoms. The van der Waals surface area contributed by atoms with Gasteiger partial charge in [-0.2, -0.15) is 0 Å². The minimum Gasteiger partial charge on any atom is -0.387 e. The predicted octanol–water partition coefficient (Wildman–Crippen LogP) is 2.03. The average molecular weight is 291 g/mol. The van der Waals surface area contributed by atoms with Crippen LogP contribution in [0, 0.1) is 17.7 Å². The van der Waals surface area contributed by atoms with Gasteiger partial charge < -0.3 is 5.11 Å². The molecule has 1 aliphatic heterocycles. The van der Waals surface area contributed by atoms with E-state index in [2.05, 4.69) is 0 Å². The molecule has 1 aromatic carbocycles. The summed E-state index contributed by atoms with van der Waals surface area (Å²) in [6.07, 6.45) is 2.51. The maximum Gasteiger partial charge on any atom is 0.233 e. The van der Waals surface area contributed by atoms with E-state index >= 15 is 0 Å². The molecule has 1 saturated carbocycles. The number of amides is 2. The van der Waals surface area contributed by atoms with Gasteiger partial charge in [0.2, 0.25) is 11.8 Å². The van der Waals surface area contributed by atoms with Gasteiger partial charge in [-0.3, -0.25) is 14.5 Å². The lowest BCUT2D eigenvalue weighted by Gasteiger charge is -2.19. The largest absolute Gasteiger partial charge is 0.387 e. The molecule has 4 nitrogen and oxygen atoms in total. The Morgan fingerprint density at radius 2 is 1.62 bits per heavy atom. The number of fused-ring (bicyclic) bond motifs is 1. The van der Waals surface area contributed by atoms with Crippen LogP contribution in [0.4, 0.5) is 4.39 Å². The second-order valence-electron chi connectivity index (χ2n) is 5.85. The molecule has 0 spiro atoms. The highest BCUT2D eigenvalue weighted by Crippen LogP contribution is 2.38. The van der Waals surface area contributed by atoms with Crippen LogP contribution in [0.25, 0.3) is 0 Å². The summed E-state index contributed by atoms with van der Waals surface area (Å²) < 4.78 is 12.9. The summed E-state index contributed by atoms with van der Waals surface area (Å²) in [6.45, 7) is -0.0453. The number of likely N-dealkylation sites (tertiary alicyclic amines) is 1. The van der Waals surface area contributed by atoms with E-state index in [1.54, 1.807) is 0 Å². The molecule has 1 aliphatic carbocycles. The number of hydrogen-bond acceptors (Lipinski definition) is 3. The molecule has 0 unspecified atom stereocenters. The molecule has 2 amide bonds. The second kappa shape index (κ2) is 5.56. The minimum atomic E-state index is -0.973. The van der Waals surface area contributed by atoms with Crippen LogP contribution >= 0.6 is 0 Å². The standard InChI is InChI=1S/C16H18FNO3/c17-11-7-5-10(6-8-11)14(19)9-18-15(20)12-3-1-2-4-13(12)16(18)21/h5-8,12-14,19H,1-4,9H2/t12-,13+,14-/m1/s1. The number of carbonyl (C=O) groups excluding carboxylic acids is 2. The normalized spacial score (nSPS) is 26.9. The molecule has 3 atom stereocenters. The molecule has 1 aromatic rings. The van der Waals surface area contributed by atoms with Crippen molar-refractivity contribution in [2.45, 2.75) is 31.8 Å². The Kier molecular flexibility index (Phi) is 3.76. The Hall–Kier alpha value is -1.75. The summed E-state index contributed by atoms with van der Waals surface area (Å²) in [5, 5.41) is 10.2. The third kappa shape index (κ3) is 2.58. The highest BCUT2D eigenvalue weighted by atomic mass is 19.1. The smallest absolute Gasteiger partial charge is 0.233 e. The Balaban J connectivity index is 1.73. The number of halogens is 1. The van der Waals surface area contributed by atoms with Crippen molar-refractivity contribution in [1.29, 1.82) is 0 Å². The maximum absolute atomic E-state index is 12.9. The van der Waals surface area contributed by atoms with E-state index in [1.165, 1.54) is 29.2 Å². The zero-order chi connectivity index (χ0) is 15.0. The first kappa shape index (κ1) is 14.2. The summed E-state index contributed by atoms with van der Waals surface area (Å²) >= 11 is 0. The van der Waals surface area contributed by atoms with Gasteiger partial charge in [-0.1, -0.05) is 25.0 Å². The van der Waals surface area contributed by atoms with Crippen LogP contribution < -0.4 is 0 Å². The molecule has 0 radical (unpaired) electrons. The maximum atomic E-state index is 12.9. The van der Waals surface area contributed by atoms with E-state index in [1.807, 2.05) is 0 Å². The summed E-state index contributed by atoms with van der Waals surface area (Å²) in [5.41, 5.74) is 0.506. The lowest BCUT2D eigenvalue weighted by molar-refractivity contribution is -0.141. The number of carbonyl (C=O) groups is 2. The first-order valence-electron chi connectivity index (χ1n) is 7.36. The number of aliphatic hydroxyl groups excluding tert-OH is 1. The second-order valence-corrected chi connectivity index (χ2v) is 5.85. The van der Waals surface area contributed by atoms with Crippen LogP contribution in [0.2, 0.25) is 0 Å². The summed E-state index contributed by atoms with van der Waals surface area (Å²) in [5.74, 6) is -1.11. The molecule has 1 heterocycles. The van der Waals surface area contributed by atoms with Crippen molar-refractivity contribution >= 4 is 11.8 Å². The van der Waals surface area contributed by atoms with Gasteiger partial charge in [0.05, 0.1) is 24.5 Å². The van der Waals surface area contributed by atoms with Crippen molar-refractivity contribution in [1.82, 2.24) is 4.90 Å². The fourth-order valence-corrected chi connectivity index (χ4v) is 3.37. The van der Waals surface area contributed by atoms with Crippen LogP contribution in [0.5, 0.6) is 0 Å². The number of nitrogens with zero attached hydrogens (tertiary/aromatic N) is 1. The third-order valence-electron chi connectivity index (χ3n) is 4.54. The van der Waals surface area contributed by atoms with E-state index in [0.717, 1.165) is 25.7 Å². The van der Waals surface area contributed by atoms with Crippen LogP contribution in [-0.2, 0) is 9.59 Å². The quantitative estimate of drug-likeness (QED) is 0.867. The van der Waals surface area contributed by atoms with Crippen molar-refractivity contribution in [2.75, 3.05) is 6.54 Å². The lowest BCUT2D eigenvalue weighted by Crippen LogP contribution is -2.35. The third-order valence-corrected chi connectivity index (χ3v) is 4.54. The molecule has 2 fully saturated rings. The summed E-state index contributed by atoms with van der Waals surface area (Å²) in [7, 11) is 0. The summed E-state index contributed by atoms with van der Waals surface area (Å²) in [4.78, 5) is 25.8. The molecule has 1 saturated heterocycles. The van der Waals surface area contributed by atoms with Crippen LogP contribution in [0.3, 0.4) is 0 Å². The topological polar surface area (TPSA) is 57.6 Å². The number of rotatable bonds is 3. The van der Waals surface area contributed by atoms with Crippen LogP contribution in [0.15, 0.2) is 24.3 Å². The zero-order valence-corrected chi connectivity index (χ0v) is 11.7. The molecular weight excluding hydrogens is 273 g/mol. The van der Waals surface area contributed by atoms with E-state index in [9.17, 15) is 19.1 Å². The Morgan fingerprint density at radius 1 is 1.10 bits per heavy atom. The van der Waals surface area contributed by atoms with Crippen molar-refractivity contribution in [3.8, 4) is 0 Å². The Labute approximate surface area is 122 Å². The summed E-state index contributed by atoms with van der Waals surface area (Å²) in [6, 6.07) is 5.45. The fourth-order valence-electron chi connectivity index (χ4n) is 3.37. The van der Waals surface area contributed by atoms with Crippen LogP contribution in [0.1, 0.15) is 37.4 Å². The number of benzene rings is 1. The van der Waals surface area contributed by atoms with E-state index in [0.29, 0.717) is 5.56 Å². The molecule has 5 heteroatoms. The predicted molar refractivity (Wildman–Crippen MR) is 73.5 cm³/mol. The average Bonchev–Trinajstić information content (AvgIpc) is 2.73. The van der Waals surface area contributed by atoms with Crippen molar-refractivity contribution in [3.05, 3.63) is 35.6 Å². The molecule has 3 rings (SSSR count). The van der Waals surface area contributed by atoms with Gasteiger partial charge in [0.1, 0.15) is 5.82 Å². The number of hydrogen-bond donors (Lipinski definition) is 1. The molecule has 1 N–H and O–H groups in total. The van der Waals surface area contributed by atoms with Gasteiger partial charge in [0, 0.05) is 0 Å². The minimum absolute atomic E-state index is 0.0453. The first-order valence-corrected chi connectivity index (χ1v) is 7.36. The molecule has 112 valence electrons. The first-order chi connectivity index (χ1) is 10.1. The SMILES string of the molecule is O=C1[C@H]2CCCC[C@H]2C(=O)N1C[C@@H](O)c1ccc(F)cc1. The van der Waals surface area contributed by atoms with E-state index in [4.69, 9.17) is 0 Å². The molecular formula is C16H18FNO3. The van der Waals surface area contributed by atoms with Crippen LogP contribution in [-0.4, -0.2) is 28.4 Å². The van der Waals surface area contributed by atoms with Gasteiger partial charge in [0.25, 0.3) is 0 Å². The van der Waals surface area contributed by atoms with Gasteiger partial charge in [-0.05, 0) is 30.5 Å². The van der Waals surface area contributed by atoms with Gasteiger partial charge in [0.15, 0.2) is 0 Å². The van der Waals surface area contributed by atoms with Gasteiger partial charge >= 0.3 is 0 Å². The van der Waals surface area contributed by atoms with Gasteiger partial charge in [-0.25, -0.2) is 4.39 Å². The van der Waals surface area contributed by atoms with Crippen molar-refractivity contribution < 1.29 is 19.1 Å². The molecule has 0 aromatic heterocycles. The molecule has 2 aliphatic rings. The van der Waals surface area contributed by atoms with Gasteiger partial charge in [-0.15, -0.1) is 0 Å². The fraction of sp³-hybridized carbons (Fsp3) is 0.500. The highest BCUT2D eigenvalue weighted by Gasteiger charge is 2.48. The monoisotopic (exact) mass is 291 g/mol. The Bertz CT molecular complexity index is 533. The number of β-amino-alcohol motifs (C(OH)–C–C–N with tert-alkyl or cyclic N) is 1.